The highest BCUT2D eigenvalue weighted by Crippen LogP contribution is 2.19. The largest absolute Gasteiger partial charge is 0.306 e. The van der Waals surface area contributed by atoms with Gasteiger partial charge in [-0.05, 0) is 24.8 Å². The lowest BCUT2D eigenvalue weighted by Gasteiger charge is -1.98. The molecule has 0 atom stereocenters. The van der Waals surface area contributed by atoms with Gasteiger partial charge in [0.1, 0.15) is 5.65 Å². The Hall–Kier alpha value is -1.83. The Morgan fingerprint density at radius 2 is 2.07 bits per heavy atom. The van der Waals surface area contributed by atoms with Crippen molar-refractivity contribution in [3.8, 4) is 0 Å². The van der Waals surface area contributed by atoms with Gasteiger partial charge >= 0.3 is 0 Å². The van der Waals surface area contributed by atoms with Crippen molar-refractivity contribution in [2.75, 3.05) is 0 Å². The number of benzene rings is 1. The Kier molecular flexibility index (Phi) is 1.75. The van der Waals surface area contributed by atoms with E-state index in [1.165, 1.54) is 10.8 Å². The van der Waals surface area contributed by atoms with Gasteiger partial charge in [0.25, 0.3) is 0 Å². The van der Waals surface area contributed by atoms with Crippen LogP contribution in [0.4, 0.5) is 0 Å². The summed E-state index contributed by atoms with van der Waals surface area (Å²) in [6.07, 6.45) is 4.47. The highest BCUT2D eigenvalue weighted by Gasteiger charge is 2.03. The summed E-state index contributed by atoms with van der Waals surface area (Å²) in [5.74, 6) is 0. The lowest BCUT2D eigenvalue weighted by Crippen LogP contribution is -1.83. The number of rotatable bonds is 1. The van der Waals surface area contributed by atoms with Crippen molar-refractivity contribution in [1.82, 2.24) is 9.38 Å². The number of aromatic nitrogens is 2. The summed E-state index contributed by atoms with van der Waals surface area (Å²) < 4.78 is 2.02. The SMILES string of the molecule is [CH]Cc1cn2ccc3ccccc3c2n1. The van der Waals surface area contributed by atoms with Crippen molar-refractivity contribution < 1.29 is 0 Å². The Labute approximate surface area is 88.2 Å². The van der Waals surface area contributed by atoms with E-state index in [2.05, 4.69) is 23.2 Å². The maximum Gasteiger partial charge on any atom is 0.144 e. The smallest absolute Gasteiger partial charge is 0.144 e. The quantitative estimate of drug-likeness (QED) is 0.582. The van der Waals surface area contributed by atoms with Crippen LogP contribution < -0.4 is 0 Å². The van der Waals surface area contributed by atoms with Crippen LogP contribution in [0.25, 0.3) is 16.4 Å². The maximum atomic E-state index is 5.58. The molecule has 0 N–H and O–H groups in total. The van der Waals surface area contributed by atoms with Gasteiger partial charge in [-0.3, -0.25) is 0 Å². The summed E-state index contributed by atoms with van der Waals surface area (Å²) in [7, 11) is 0. The zero-order valence-corrected chi connectivity index (χ0v) is 8.22. The molecule has 0 saturated carbocycles. The van der Waals surface area contributed by atoms with Crippen molar-refractivity contribution >= 4 is 16.4 Å². The molecule has 0 amide bonds. The van der Waals surface area contributed by atoms with E-state index in [-0.39, 0.29) is 0 Å². The van der Waals surface area contributed by atoms with Crippen LogP contribution in [-0.4, -0.2) is 9.38 Å². The van der Waals surface area contributed by atoms with Crippen molar-refractivity contribution in [3.63, 3.8) is 0 Å². The average Bonchev–Trinajstić information content (AvgIpc) is 2.72. The highest BCUT2D eigenvalue weighted by molar-refractivity contribution is 5.93. The molecular formula is C13H10N2. The third-order valence-corrected chi connectivity index (χ3v) is 2.61. The van der Waals surface area contributed by atoms with Crippen molar-refractivity contribution in [2.24, 2.45) is 0 Å². The molecule has 1 aromatic carbocycles. The van der Waals surface area contributed by atoms with Gasteiger partial charge in [0.05, 0.1) is 5.69 Å². The number of hydrogen-bond donors (Lipinski definition) is 0. The number of fused-ring (bicyclic) bond motifs is 3. The summed E-state index contributed by atoms with van der Waals surface area (Å²) in [6, 6.07) is 10.3. The van der Waals surface area contributed by atoms with Crippen LogP contribution in [0.3, 0.4) is 0 Å². The van der Waals surface area contributed by atoms with E-state index in [0.717, 1.165) is 11.3 Å². The lowest BCUT2D eigenvalue weighted by molar-refractivity contribution is 1.16. The molecule has 2 radical (unpaired) electrons. The van der Waals surface area contributed by atoms with Gasteiger partial charge in [-0.15, -0.1) is 0 Å². The average molecular weight is 194 g/mol. The molecule has 3 aromatic rings. The van der Waals surface area contributed by atoms with Crippen LogP contribution in [-0.2, 0) is 6.42 Å². The Morgan fingerprint density at radius 3 is 2.93 bits per heavy atom. The van der Waals surface area contributed by atoms with Gasteiger partial charge in [-0.2, -0.15) is 0 Å². The number of imidazole rings is 1. The van der Waals surface area contributed by atoms with Crippen molar-refractivity contribution in [3.05, 3.63) is 55.3 Å². The number of nitrogens with zero attached hydrogens (tertiary/aromatic N) is 2. The molecule has 0 bridgehead atoms. The minimum atomic E-state index is 0.482. The lowest BCUT2D eigenvalue weighted by atomic mass is 10.2. The van der Waals surface area contributed by atoms with E-state index in [9.17, 15) is 0 Å². The van der Waals surface area contributed by atoms with Crippen molar-refractivity contribution in [2.45, 2.75) is 6.42 Å². The second-order valence-electron chi connectivity index (χ2n) is 3.57. The Bertz CT molecular complexity index is 623. The maximum absolute atomic E-state index is 5.58. The first kappa shape index (κ1) is 8.48. The molecule has 2 nitrogen and oxygen atoms in total. The van der Waals surface area contributed by atoms with Gasteiger partial charge in [-0.1, -0.05) is 24.3 Å². The molecule has 2 heterocycles. The van der Waals surface area contributed by atoms with Crippen LogP contribution in [0.2, 0.25) is 0 Å². The minimum absolute atomic E-state index is 0.482. The first-order valence-corrected chi connectivity index (χ1v) is 4.94. The predicted molar refractivity (Wildman–Crippen MR) is 60.7 cm³/mol. The van der Waals surface area contributed by atoms with Crippen LogP contribution in [0.1, 0.15) is 5.69 Å². The molecule has 72 valence electrons. The third-order valence-electron chi connectivity index (χ3n) is 2.61. The van der Waals surface area contributed by atoms with Gasteiger partial charge in [0.2, 0.25) is 0 Å². The summed E-state index contributed by atoms with van der Waals surface area (Å²) >= 11 is 0. The third kappa shape index (κ3) is 1.22. The molecule has 0 unspecified atom stereocenters. The fourth-order valence-corrected chi connectivity index (χ4v) is 1.86. The van der Waals surface area contributed by atoms with Crippen LogP contribution in [0.15, 0.2) is 42.7 Å². The van der Waals surface area contributed by atoms with E-state index in [1.54, 1.807) is 0 Å². The van der Waals surface area contributed by atoms with Crippen LogP contribution in [0.5, 0.6) is 0 Å². The second kappa shape index (κ2) is 3.09. The molecule has 0 spiro atoms. The van der Waals surface area contributed by atoms with Gasteiger partial charge in [0.15, 0.2) is 0 Å². The van der Waals surface area contributed by atoms with Gasteiger partial charge < -0.3 is 4.40 Å². The van der Waals surface area contributed by atoms with E-state index >= 15 is 0 Å². The topological polar surface area (TPSA) is 17.3 Å². The molecule has 15 heavy (non-hydrogen) atoms. The second-order valence-corrected chi connectivity index (χ2v) is 3.57. The first-order valence-electron chi connectivity index (χ1n) is 4.94. The molecule has 0 aliphatic carbocycles. The molecule has 0 fully saturated rings. The normalized spacial score (nSPS) is 11.3. The van der Waals surface area contributed by atoms with Crippen LogP contribution >= 0.6 is 0 Å². The highest BCUT2D eigenvalue weighted by atomic mass is 15.0. The summed E-state index contributed by atoms with van der Waals surface area (Å²) in [6.45, 7) is 5.58. The monoisotopic (exact) mass is 194 g/mol. The molecular weight excluding hydrogens is 184 g/mol. The van der Waals surface area contributed by atoms with E-state index < -0.39 is 0 Å². The molecule has 2 aromatic heterocycles. The number of hydrogen-bond acceptors (Lipinski definition) is 1. The van der Waals surface area contributed by atoms with Gasteiger partial charge in [0, 0.05) is 17.8 Å². The fourth-order valence-electron chi connectivity index (χ4n) is 1.86. The number of pyridine rings is 1. The summed E-state index contributed by atoms with van der Waals surface area (Å²) in [5.41, 5.74) is 1.90. The molecule has 0 aliphatic rings. The summed E-state index contributed by atoms with van der Waals surface area (Å²) in [4.78, 5) is 4.50. The molecule has 0 saturated heterocycles. The first-order chi connectivity index (χ1) is 7.38. The fraction of sp³-hybridized carbons (Fsp3) is 0.0769. The zero-order valence-electron chi connectivity index (χ0n) is 8.22. The van der Waals surface area contributed by atoms with Crippen LogP contribution in [0, 0.1) is 6.92 Å². The van der Waals surface area contributed by atoms with Crippen molar-refractivity contribution in [1.29, 1.82) is 0 Å². The van der Waals surface area contributed by atoms with E-state index in [1.807, 2.05) is 28.9 Å². The Morgan fingerprint density at radius 1 is 1.20 bits per heavy atom. The van der Waals surface area contributed by atoms with Gasteiger partial charge in [-0.25, -0.2) is 4.98 Å². The zero-order chi connectivity index (χ0) is 10.3. The van der Waals surface area contributed by atoms with E-state index in [0.29, 0.717) is 6.42 Å². The predicted octanol–water partition coefficient (Wildman–Crippen LogP) is 2.74. The molecule has 2 heteroatoms. The Balaban J connectivity index is 2.47. The summed E-state index contributed by atoms with van der Waals surface area (Å²) in [5, 5.41) is 2.37. The molecule has 3 rings (SSSR count). The van der Waals surface area contributed by atoms with E-state index in [4.69, 9.17) is 6.92 Å². The minimum Gasteiger partial charge on any atom is -0.306 e. The standard InChI is InChI=1S/C13H10N2/c1-2-11-9-15-8-7-10-5-3-4-6-12(10)13(15)14-11/h1,3-9H,2H2. The molecule has 0 aliphatic heterocycles.